The van der Waals surface area contributed by atoms with E-state index in [1.807, 2.05) is 97.1 Å². The molecule has 0 bridgehead atoms. The average Bonchev–Trinajstić information content (AvgIpc) is 3.20. The molecule has 0 saturated carbocycles. The maximum atomic E-state index is 13.6. The molecule has 0 unspecified atom stereocenters. The highest BCUT2D eigenvalue weighted by molar-refractivity contribution is 6.02. The molecule has 2 amide bonds. The van der Waals surface area contributed by atoms with E-state index in [9.17, 15) is 9.59 Å². The maximum absolute atomic E-state index is 13.6. The molecule has 0 atom stereocenters. The molecule has 4 aromatic carbocycles. The number of hydrogen-bond acceptors (Lipinski definition) is 8. The second kappa shape index (κ2) is 20.4. The van der Waals surface area contributed by atoms with Crippen molar-refractivity contribution in [2.45, 2.75) is 6.42 Å². The lowest BCUT2D eigenvalue weighted by Crippen LogP contribution is -2.35. The molecule has 0 aromatic heterocycles. The lowest BCUT2D eigenvalue weighted by Gasteiger charge is -2.25. The molecule has 0 N–H and O–H groups in total. The Morgan fingerprint density at radius 3 is 1.13 bits per heavy atom. The van der Waals surface area contributed by atoms with Gasteiger partial charge in [-0.3, -0.25) is 9.59 Å². The zero-order valence-electron chi connectivity index (χ0n) is 31.0. The van der Waals surface area contributed by atoms with Crippen molar-refractivity contribution in [3.8, 4) is 34.5 Å². The fourth-order valence-electron chi connectivity index (χ4n) is 5.52. The second-order valence-electron chi connectivity index (χ2n) is 11.4. The van der Waals surface area contributed by atoms with Crippen LogP contribution in [-0.2, 0) is 9.59 Å². The van der Waals surface area contributed by atoms with Gasteiger partial charge >= 0.3 is 0 Å². The predicted molar refractivity (Wildman–Crippen MR) is 211 cm³/mol. The first-order valence-corrected chi connectivity index (χ1v) is 16.9. The van der Waals surface area contributed by atoms with Gasteiger partial charge < -0.3 is 38.2 Å². The summed E-state index contributed by atoms with van der Waals surface area (Å²) in [6, 6.07) is 26.2. The van der Waals surface area contributed by atoms with E-state index in [0.717, 1.165) is 22.5 Å². The number of para-hydroxylation sites is 2. The molecule has 10 heteroatoms. The Bertz CT molecular complexity index is 1730. The summed E-state index contributed by atoms with van der Waals surface area (Å²) in [6.07, 6.45) is 14.2. The van der Waals surface area contributed by atoms with Crippen molar-refractivity contribution in [1.82, 2.24) is 0 Å². The van der Waals surface area contributed by atoms with E-state index in [2.05, 4.69) is 0 Å². The van der Waals surface area contributed by atoms with Crippen LogP contribution in [0.5, 0.6) is 34.5 Å². The Hall–Kier alpha value is -6.42. The van der Waals surface area contributed by atoms with Crippen LogP contribution in [0.2, 0.25) is 0 Å². The molecule has 0 fully saturated rings. The molecule has 0 aliphatic rings. The molecule has 4 aromatic rings. The predicted octanol–water partition coefficient (Wildman–Crippen LogP) is 8.03. The number of carbonyl (C=O) groups is 2. The number of allylic oxidation sites excluding steroid dienone is 4. The van der Waals surface area contributed by atoms with Gasteiger partial charge in [-0.05, 0) is 66.1 Å². The van der Waals surface area contributed by atoms with E-state index in [4.69, 9.17) is 28.4 Å². The van der Waals surface area contributed by atoms with E-state index in [-0.39, 0.29) is 11.8 Å². The van der Waals surface area contributed by atoms with Crippen LogP contribution >= 0.6 is 0 Å². The van der Waals surface area contributed by atoms with Crippen LogP contribution in [0.3, 0.4) is 0 Å². The van der Waals surface area contributed by atoms with E-state index in [0.29, 0.717) is 54.0 Å². The van der Waals surface area contributed by atoms with Crippen molar-refractivity contribution >= 4 is 35.3 Å². The summed E-state index contributed by atoms with van der Waals surface area (Å²) in [5, 5.41) is 0. The molecule has 0 heterocycles. The number of hydrogen-bond donors (Lipinski definition) is 0. The van der Waals surface area contributed by atoms with E-state index < -0.39 is 0 Å². The third-order valence-electron chi connectivity index (χ3n) is 8.08. The Morgan fingerprint density at radius 2 is 0.830 bits per heavy atom. The van der Waals surface area contributed by atoms with Crippen LogP contribution in [0.1, 0.15) is 17.5 Å². The van der Waals surface area contributed by atoms with Crippen LogP contribution in [0.15, 0.2) is 121 Å². The largest absolute Gasteiger partial charge is 0.493 e. The summed E-state index contributed by atoms with van der Waals surface area (Å²) < 4.78 is 32.6. The van der Waals surface area contributed by atoms with Crippen molar-refractivity contribution < 1.29 is 38.0 Å². The maximum Gasteiger partial charge on any atom is 0.250 e. The van der Waals surface area contributed by atoms with Gasteiger partial charge in [0, 0.05) is 36.6 Å². The third-order valence-corrected chi connectivity index (χ3v) is 8.08. The lowest BCUT2D eigenvalue weighted by molar-refractivity contribution is -0.114. The number of benzene rings is 4. The Balaban J connectivity index is 1.47. The van der Waals surface area contributed by atoms with Crippen LogP contribution < -0.4 is 38.2 Å². The third kappa shape index (κ3) is 10.8. The fraction of sp³-hybridized carbons (Fsp3) is 0.209. The smallest absolute Gasteiger partial charge is 0.250 e. The van der Waals surface area contributed by atoms with Gasteiger partial charge in [-0.1, -0.05) is 72.9 Å². The quantitative estimate of drug-likeness (QED) is 0.0754. The van der Waals surface area contributed by atoms with Gasteiger partial charge in [-0.2, -0.15) is 0 Å². The van der Waals surface area contributed by atoms with Crippen LogP contribution in [0, 0.1) is 0 Å². The minimum Gasteiger partial charge on any atom is -0.493 e. The van der Waals surface area contributed by atoms with E-state index >= 15 is 0 Å². The SMILES string of the molecule is COc1cc(C=CC=CC(=O)N(CCCN(C(=O)C=CC=Cc2cc(OC)c(OC)c(OC)c2)c2ccccc2)c2ccccc2)cc(OC)c1OC. The highest BCUT2D eigenvalue weighted by Gasteiger charge is 2.17. The van der Waals surface area contributed by atoms with Gasteiger partial charge in [0.05, 0.1) is 42.7 Å². The molecule has 0 spiro atoms. The zero-order valence-corrected chi connectivity index (χ0v) is 31.0. The summed E-state index contributed by atoms with van der Waals surface area (Å²) in [5.74, 6) is 2.76. The van der Waals surface area contributed by atoms with Crippen LogP contribution in [0.25, 0.3) is 12.2 Å². The highest BCUT2D eigenvalue weighted by atomic mass is 16.5. The standard InChI is InChI=1S/C43H46N2O8/c1-48-36-28-32(29-37(49-2)42(36)52-5)18-13-15-24-40(46)44(34-20-9-7-10-21-34)26-17-27-45(35-22-11-8-12-23-35)41(47)25-16-14-19-33-30-38(50-3)43(53-6)39(31-33)51-4/h7-16,18-25,28-31H,17,26-27H2,1-6H3. The lowest BCUT2D eigenvalue weighted by atomic mass is 10.1. The summed E-state index contributed by atoms with van der Waals surface area (Å²) in [6.45, 7) is 0.760. The minimum atomic E-state index is -0.194. The first-order valence-electron chi connectivity index (χ1n) is 16.9. The topological polar surface area (TPSA) is 96.0 Å². The van der Waals surface area contributed by atoms with Crippen molar-refractivity contribution in [3.63, 3.8) is 0 Å². The molecule has 276 valence electrons. The van der Waals surface area contributed by atoms with E-state index in [1.165, 1.54) is 12.2 Å². The second-order valence-corrected chi connectivity index (χ2v) is 11.4. The number of ether oxygens (including phenoxy) is 6. The fourth-order valence-corrected chi connectivity index (χ4v) is 5.52. The van der Waals surface area contributed by atoms with Gasteiger partial charge in [0.25, 0.3) is 11.8 Å². The van der Waals surface area contributed by atoms with Gasteiger partial charge in [-0.25, -0.2) is 0 Å². The summed E-state index contributed by atoms with van der Waals surface area (Å²) >= 11 is 0. The molecule has 10 nitrogen and oxygen atoms in total. The molecular formula is C43H46N2O8. The van der Waals surface area contributed by atoms with Gasteiger partial charge in [-0.15, -0.1) is 0 Å². The Kier molecular flexibility index (Phi) is 15.2. The number of amides is 2. The van der Waals surface area contributed by atoms with Gasteiger partial charge in [0.2, 0.25) is 11.5 Å². The zero-order chi connectivity index (χ0) is 38.0. The van der Waals surface area contributed by atoms with Crippen LogP contribution in [0.4, 0.5) is 11.4 Å². The van der Waals surface area contributed by atoms with Crippen molar-refractivity contribution in [2.75, 3.05) is 65.5 Å². The normalized spacial score (nSPS) is 11.3. The monoisotopic (exact) mass is 718 g/mol. The Morgan fingerprint density at radius 1 is 0.491 bits per heavy atom. The van der Waals surface area contributed by atoms with Gasteiger partial charge in [0.1, 0.15) is 0 Å². The van der Waals surface area contributed by atoms with Crippen LogP contribution in [-0.4, -0.2) is 67.6 Å². The number of carbonyl (C=O) groups excluding carboxylic acids is 2. The average molecular weight is 719 g/mol. The molecule has 0 aliphatic carbocycles. The molecular weight excluding hydrogens is 672 g/mol. The van der Waals surface area contributed by atoms with Crippen molar-refractivity contribution in [3.05, 3.63) is 133 Å². The van der Waals surface area contributed by atoms with Crippen molar-refractivity contribution in [2.24, 2.45) is 0 Å². The number of nitrogens with zero attached hydrogens (tertiary/aromatic N) is 2. The molecule has 0 saturated heterocycles. The summed E-state index contributed by atoms with van der Waals surface area (Å²) in [5.41, 5.74) is 3.14. The van der Waals surface area contributed by atoms with E-state index in [1.54, 1.807) is 76.8 Å². The molecule has 4 rings (SSSR count). The van der Waals surface area contributed by atoms with Crippen molar-refractivity contribution in [1.29, 1.82) is 0 Å². The molecule has 0 aliphatic heterocycles. The Labute approximate surface area is 311 Å². The first-order chi connectivity index (χ1) is 25.9. The summed E-state index contributed by atoms with van der Waals surface area (Å²) in [4.78, 5) is 30.5. The highest BCUT2D eigenvalue weighted by Crippen LogP contribution is 2.39. The summed E-state index contributed by atoms with van der Waals surface area (Å²) in [7, 11) is 9.35. The number of anilines is 2. The van der Waals surface area contributed by atoms with Gasteiger partial charge in [0.15, 0.2) is 23.0 Å². The molecule has 0 radical (unpaired) electrons. The minimum absolute atomic E-state index is 0.194. The molecule has 53 heavy (non-hydrogen) atoms. The number of methoxy groups -OCH3 is 6. The first kappa shape index (κ1) is 39.4. The number of rotatable bonds is 18.